The van der Waals surface area contributed by atoms with Crippen molar-refractivity contribution in [3.63, 3.8) is 0 Å². The lowest BCUT2D eigenvalue weighted by Gasteiger charge is -2.14. The lowest BCUT2D eigenvalue weighted by molar-refractivity contribution is 0.340. The van der Waals surface area contributed by atoms with Crippen molar-refractivity contribution in [2.24, 2.45) is 0 Å². The van der Waals surface area contributed by atoms with E-state index in [9.17, 15) is 4.79 Å². The van der Waals surface area contributed by atoms with Crippen molar-refractivity contribution in [3.8, 4) is 11.4 Å². The number of hydrogen-bond donors (Lipinski definition) is 1. The number of hydrogen-bond acceptors (Lipinski definition) is 7. The number of aromatic nitrogens is 5. The highest BCUT2D eigenvalue weighted by molar-refractivity contribution is 7.98. The largest absolute Gasteiger partial charge is 0.494 e. The number of thioether (sulfide) groups is 1. The summed E-state index contributed by atoms with van der Waals surface area (Å²) < 4.78 is 8.73. The number of fused-ring (bicyclic) bond motifs is 1. The van der Waals surface area contributed by atoms with Gasteiger partial charge in [-0.05, 0) is 56.2 Å². The number of nitrogen functional groups attached to an aromatic ring is 1. The van der Waals surface area contributed by atoms with Crippen LogP contribution in [0.3, 0.4) is 0 Å². The molecule has 1 aliphatic rings. The van der Waals surface area contributed by atoms with Crippen LogP contribution >= 0.6 is 11.8 Å². The van der Waals surface area contributed by atoms with Crippen molar-refractivity contribution in [2.75, 3.05) is 12.4 Å². The predicted octanol–water partition coefficient (Wildman–Crippen LogP) is 3.26. The minimum absolute atomic E-state index is 0.113. The fourth-order valence-electron chi connectivity index (χ4n) is 3.54. The molecule has 4 aromatic rings. The van der Waals surface area contributed by atoms with Crippen molar-refractivity contribution < 1.29 is 4.74 Å². The summed E-state index contributed by atoms with van der Waals surface area (Å²) in [7, 11) is 0. The summed E-state index contributed by atoms with van der Waals surface area (Å²) in [4.78, 5) is 18.1. The Morgan fingerprint density at radius 1 is 1.13 bits per heavy atom. The molecule has 2 aromatic carbocycles. The summed E-state index contributed by atoms with van der Waals surface area (Å²) in [5.41, 5.74) is 1.28. The van der Waals surface area contributed by atoms with Gasteiger partial charge in [-0.15, -0.1) is 10.2 Å². The normalized spacial score (nSPS) is 13.6. The highest BCUT2D eigenvalue weighted by Crippen LogP contribution is 2.39. The second kappa shape index (κ2) is 8.07. The Kier molecular flexibility index (Phi) is 5.11. The summed E-state index contributed by atoms with van der Waals surface area (Å²) in [5, 5.41) is 9.65. The molecular weight excluding hydrogens is 412 g/mol. The molecule has 158 valence electrons. The van der Waals surface area contributed by atoms with Crippen LogP contribution in [0.4, 0.5) is 0 Å². The standard InChI is InChI=1S/C22H22N6O2S/c1-2-30-16-11-9-15(10-12-16)27-19(24-18-6-4-3-5-17(18)21(27)29)13-31-22-26-25-20(28(22)23)14-7-8-14/h3-6,9-12,14H,2,7-8,13,23H2,1H3. The summed E-state index contributed by atoms with van der Waals surface area (Å²) in [5.74, 6) is 9.22. The smallest absolute Gasteiger partial charge is 0.265 e. The number of nitrogens with two attached hydrogens (primary N) is 1. The maximum Gasteiger partial charge on any atom is 0.265 e. The Hall–Kier alpha value is -3.33. The molecule has 0 saturated heterocycles. The van der Waals surface area contributed by atoms with Gasteiger partial charge in [0.25, 0.3) is 5.56 Å². The van der Waals surface area contributed by atoms with Gasteiger partial charge in [-0.1, -0.05) is 23.9 Å². The second-order valence-electron chi connectivity index (χ2n) is 7.39. The van der Waals surface area contributed by atoms with E-state index in [0.29, 0.717) is 40.2 Å². The topological polar surface area (TPSA) is 101 Å². The van der Waals surface area contributed by atoms with E-state index >= 15 is 0 Å². The molecule has 2 N–H and O–H groups in total. The van der Waals surface area contributed by atoms with Crippen molar-refractivity contribution >= 4 is 22.7 Å². The molecule has 9 heteroatoms. The first-order valence-corrected chi connectivity index (χ1v) is 11.2. The van der Waals surface area contributed by atoms with Crippen molar-refractivity contribution in [2.45, 2.75) is 36.6 Å². The summed E-state index contributed by atoms with van der Waals surface area (Å²) in [6.07, 6.45) is 2.20. The number of nitrogens with zero attached hydrogens (tertiary/aromatic N) is 5. The lowest BCUT2D eigenvalue weighted by atomic mass is 10.2. The minimum Gasteiger partial charge on any atom is -0.494 e. The molecule has 8 nitrogen and oxygen atoms in total. The fourth-order valence-corrected chi connectivity index (χ4v) is 4.32. The van der Waals surface area contributed by atoms with Crippen LogP contribution in [0, 0.1) is 0 Å². The van der Waals surface area contributed by atoms with Gasteiger partial charge < -0.3 is 10.6 Å². The van der Waals surface area contributed by atoms with Crippen LogP contribution in [-0.4, -0.2) is 31.0 Å². The van der Waals surface area contributed by atoms with Gasteiger partial charge in [0, 0.05) is 5.92 Å². The summed E-state index contributed by atoms with van der Waals surface area (Å²) in [6.45, 7) is 2.52. The molecule has 31 heavy (non-hydrogen) atoms. The van der Waals surface area contributed by atoms with Crippen LogP contribution in [-0.2, 0) is 5.75 Å². The minimum atomic E-state index is -0.113. The molecule has 1 fully saturated rings. The van der Waals surface area contributed by atoms with Crippen molar-refractivity contribution in [1.82, 2.24) is 24.4 Å². The average Bonchev–Trinajstić information content (AvgIpc) is 3.56. The predicted molar refractivity (Wildman–Crippen MR) is 120 cm³/mol. The van der Waals surface area contributed by atoms with Crippen molar-refractivity contribution in [3.05, 3.63) is 70.5 Å². The average molecular weight is 435 g/mol. The Bertz CT molecular complexity index is 1290. The van der Waals surface area contributed by atoms with E-state index < -0.39 is 0 Å². The van der Waals surface area contributed by atoms with Crippen LogP contribution in [0.25, 0.3) is 16.6 Å². The van der Waals surface area contributed by atoms with Gasteiger partial charge in [0.15, 0.2) is 5.82 Å². The van der Waals surface area contributed by atoms with Crippen LogP contribution in [0.15, 0.2) is 58.5 Å². The summed E-state index contributed by atoms with van der Waals surface area (Å²) in [6, 6.07) is 14.8. The van der Waals surface area contributed by atoms with Crippen LogP contribution in [0.1, 0.15) is 37.3 Å². The van der Waals surface area contributed by atoms with Crippen LogP contribution in [0.2, 0.25) is 0 Å². The molecule has 0 radical (unpaired) electrons. The van der Waals surface area contributed by atoms with Gasteiger partial charge in [-0.2, -0.15) is 0 Å². The van der Waals surface area contributed by atoms with Gasteiger partial charge in [-0.3, -0.25) is 9.36 Å². The summed E-state index contributed by atoms with van der Waals surface area (Å²) >= 11 is 1.42. The van der Waals surface area contributed by atoms with E-state index in [0.717, 1.165) is 30.1 Å². The zero-order valence-corrected chi connectivity index (χ0v) is 17.9. The van der Waals surface area contributed by atoms with Gasteiger partial charge in [0.05, 0.1) is 29.0 Å². The van der Waals surface area contributed by atoms with Gasteiger partial charge in [-0.25, -0.2) is 9.66 Å². The third-order valence-electron chi connectivity index (χ3n) is 5.21. The first-order chi connectivity index (χ1) is 15.2. The van der Waals surface area contributed by atoms with E-state index in [1.165, 1.54) is 11.8 Å². The van der Waals surface area contributed by atoms with Gasteiger partial charge in [0.2, 0.25) is 5.16 Å². The molecule has 0 amide bonds. The second-order valence-corrected chi connectivity index (χ2v) is 8.33. The van der Waals surface area contributed by atoms with E-state index in [2.05, 4.69) is 10.2 Å². The number of rotatable bonds is 7. The monoisotopic (exact) mass is 434 g/mol. The highest BCUT2D eigenvalue weighted by atomic mass is 32.2. The third-order valence-corrected chi connectivity index (χ3v) is 6.15. The number of ether oxygens (including phenoxy) is 1. The molecule has 0 atom stereocenters. The fraction of sp³-hybridized carbons (Fsp3) is 0.273. The van der Waals surface area contributed by atoms with Gasteiger partial charge in [0.1, 0.15) is 11.6 Å². The number of benzene rings is 2. The molecular formula is C22H22N6O2S. The quantitative estimate of drug-likeness (QED) is 0.352. The lowest BCUT2D eigenvalue weighted by Crippen LogP contribution is -2.23. The Balaban J connectivity index is 1.54. The molecule has 0 unspecified atom stereocenters. The van der Waals surface area contributed by atoms with Crippen molar-refractivity contribution in [1.29, 1.82) is 0 Å². The molecule has 1 aliphatic carbocycles. The Morgan fingerprint density at radius 2 is 1.90 bits per heavy atom. The molecule has 2 aromatic heterocycles. The van der Waals surface area contributed by atoms with E-state index in [4.69, 9.17) is 15.6 Å². The Morgan fingerprint density at radius 3 is 2.65 bits per heavy atom. The zero-order chi connectivity index (χ0) is 21.4. The first kappa shape index (κ1) is 19.6. The third kappa shape index (κ3) is 3.76. The first-order valence-electron chi connectivity index (χ1n) is 10.2. The molecule has 0 spiro atoms. The highest BCUT2D eigenvalue weighted by Gasteiger charge is 2.30. The maximum atomic E-state index is 13.4. The molecule has 5 rings (SSSR count). The number of para-hydroxylation sites is 1. The molecule has 2 heterocycles. The maximum absolute atomic E-state index is 13.4. The van der Waals surface area contributed by atoms with Crippen LogP contribution in [0.5, 0.6) is 5.75 Å². The Labute approximate surface area is 183 Å². The van der Waals surface area contributed by atoms with Crippen LogP contribution < -0.4 is 16.1 Å². The van der Waals surface area contributed by atoms with E-state index in [1.54, 1.807) is 15.3 Å². The molecule has 0 bridgehead atoms. The van der Waals surface area contributed by atoms with Gasteiger partial charge >= 0.3 is 0 Å². The molecule has 1 saturated carbocycles. The SMILES string of the molecule is CCOc1ccc(-n2c(CSc3nnc(C4CC4)n3N)nc3ccccc3c2=O)cc1. The van der Waals surface area contributed by atoms with E-state index in [-0.39, 0.29) is 5.56 Å². The van der Waals surface area contributed by atoms with E-state index in [1.807, 2.05) is 49.4 Å². The zero-order valence-electron chi connectivity index (χ0n) is 17.1. The molecule has 0 aliphatic heterocycles.